The van der Waals surface area contributed by atoms with E-state index in [-0.39, 0.29) is 18.6 Å². The molecular weight excluding hydrogens is 206 g/mol. The fourth-order valence-electron chi connectivity index (χ4n) is 0. The molecule has 0 aliphatic carbocycles. The monoisotopic (exact) mass is 211 g/mol. The first-order chi connectivity index (χ1) is 3.73. The third-order valence-electron chi connectivity index (χ3n) is 0. The number of hydrogen-bond acceptors (Lipinski definition) is 2. The first-order valence-electron chi connectivity index (χ1n) is 1.43. The van der Waals surface area contributed by atoms with Gasteiger partial charge in [-0.15, -0.1) is 0 Å². The van der Waals surface area contributed by atoms with Crippen LogP contribution >= 0.6 is 7.82 Å². The van der Waals surface area contributed by atoms with E-state index < -0.39 is 14.0 Å². The summed E-state index contributed by atoms with van der Waals surface area (Å²) in [5, 5.41) is 13.9. The Morgan fingerprint density at radius 1 is 1.10 bits per heavy atom. The van der Waals surface area contributed by atoms with Gasteiger partial charge in [-0.25, -0.2) is 9.36 Å². The summed E-state index contributed by atoms with van der Waals surface area (Å²) in [6.45, 7) is 0. The van der Waals surface area contributed by atoms with Gasteiger partial charge in [-0.05, 0) is 0 Å². The summed E-state index contributed by atoms with van der Waals surface area (Å²) in [6, 6.07) is 0. The summed E-state index contributed by atoms with van der Waals surface area (Å²) < 4.78 is 8.88. The molecule has 5 N–H and O–H groups in total. The molecule has 0 saturated carbocycles. The van der Waals surface area contributed by atoms with Crippen molar-refractivity contribution in [2.75, 3.05) is 0 Å². The average molecular weight is 211 g/mol. The summed E-state index contributed by atoms with van der Waals surface area (Å²) in [5.41, 5.74) is 0. The SMILES string of the molecule is O=C(O)O.O=P(O)(O)O.[V]. The second kappa shape index (κ2) is 7.08. The van der Waals surface area contributed by atoms with Crippen LogP contribution in [0.2, 0.25) is 0 Å². The molecule has 0 heterocycles. The van der Waals surface area contributed by atoms with E-state index in [0.717, 1.165) is 0 Å². The molecule has 0 unspecified atom stereocenters. The van der Waals surface area contributed by atoms with Crippen LogP contribution in [0.15, 0.2) is 0 Å². The van der Waals surface area contributed by atoms with Gasteiger partial charge in [-0.3, -0.25) is 0 Å². The van der Waals surface area contributed by atoms with Crippen molar-refractivity contribution in [2.45, 2.75) is 0 Å². The van der Waals surface area contributed by atoms with Gasteiger partial charge in [0.05, 0.1) is 0 Å². The molecule has 0 aromatic carbocycles. The molecule has 0 amide bonds. The molecule has 0 aromatic rings. The molecule has 0 atom stereocenters. The van der Waals surface area contributed by atoms with E-state index in [0.29, 0.717) is 0 Å². The molecule has 0 saturated heterocycles. The number of carbonyl (C=O) groups is 1. The Hall–Kier alpha value is -0.0356. The van der Waals surface area contributed by atoms with Gasteiger partial charge in [-0.2, -0.15) is 0 Å². The van der Waals surface area contributed by atoms with Crippen molar-refractivity contribution in [3.63, 3.8) is 0 Å². The van der Waals surface area contributed by atoms with E-state index in [9.17, 15) is 0 Å². The van der Waals surface area contributed by atoms with Crippen molar-refractivity contribution in [3.8, 4) is 0 Å². The van der Waals surface area contributed by atoms with Crippen LogP contribution in [0.1, 0.15) is 0 Å². The van der Waals surface area contributed by atoms with Crippen molar-refractivity contribution in [1.29, 1.82) is 0 Å². The molecule has 1 radical (unpaired) electrons. The minimum Gasteiger partial charge on any atom is -0.450 e. The van der Waals surface area contributed by atoms with Crippen molar-refractivity contribution >= 4 is 14.0 Å². The molecule has 10 heavy (non-hydrogen) atoms. The van der Waals surface area contributed by atoms with Crippen LogP contribution in [0.5, 0.6) is 0 Å². The molecule has 0 rings (SSSR count). The normalized spacial score (nSPS) is 8.30. The zero-order chi connectivity index (χ0) is 8.08. The first kappa shape index (κ1) is 16.5. The maximum absolute atomic E-state index is 8.88. The Labute approximate surface area is 67.4 Å². The van der Waals surface area contributed by atoms with Crippen LogP contribution < -0.4 is 0 Å². The summed E-state index contributed by atoms with van der Waals surface area (Å²) in [5.74, 6) is 0. The van der Waals surface area contributed by atoms with Crippen LogP contribution in [-0.4, -0.2) is 31.0 Å². The summed E-state index contributed by atoms with van der Waals surface area (Å²) >= 11 is 0. The van der Waals surface area contributed by atoms with Crippen molar-refractivity contribution in [3.05, 3.63) is 0 Å². The van der Waals surface area contributed by atoms with E-state index in [1.165, 1.54) is 0 Å². The van der Waals surface area contributed by atoms with Gasteiger partial charge in [0, 0.05) is 18.6 Å². The van der Waals surface area contributed by atoms with Gasteiger partial charge >= 0.3 is 14.0 Å². The Bertz CT molecular complexity index is 113. The van der Waals surface area contributed by atoms with Gasteiger partial charge in [0.2, 0.25) is 0 Å². The minimum atomic E-state index is -4.64. The predicted octanol–water partition coefficient (Wildman–Crippen LogP) is -0.709. The molecular formula is CH5O7PV. The zero-order valence-electron chi connectivity index (χ0n) is 4.45. The Kier molecular flexibility index (Phi) is 11.7. The van der Waals surface area contributed by atoms with Crippen molar-refractivity contribution < 1.29 is 52.8 Å². The van der Waals surface area contributed by atoms with Crippen LogP contribution in [0.25, 0.3) is 0 Å². The Morgan fingerprint density at radius 3 is 1.10 bits per heavy atom. The fourth-order valence-corrected chi connectivity index (χ4v) is 0. The molecule has 0 spiro atoms. The van der Waals surface area contributed by atoms with Gasteiger partial charge in [0.25, 0.3) is 0 Å². The quantitative estimate of drug-likeness (QED) is 0.334. The Balaban J connectivity index is -0.0000000910. The van der Waals surface area contributed by atoms with E-state index in [1.54, 1.807) is 0 Å². The van der Waals surface area contributed by atoms with E-state index in [4.69, 9.17) is 34.3 Å². The molecule has 7 nitrogen and oxygen atoms in total. The Morgan fingerprint density at radius 2 is 1.10 bits per heavy atom. The van der Waals surface area contributed by atoms with E-state index >= 15 is 0 Å². The molecule has 9 heteroatoms. The number of hydrogen-bond donors (Lipinski definition) is 5. The first-order valence-corrected chi connectivity index (χ1v) is 3.00. The topological polar surface area (TPSA) is 135 Å². The predicted molar refractivity (Wildman–Crippen MR) is 24.9 cm³/mol. The van der Waals surface area contributed by atoms with E-state index in [1.807, 2.05) is 0 Å². The zero-order valence-corrected chi connectivity index (χ0v) is 6.74. The minimum absolute atomic E-state index is 0. The molecule has 0 fully saturated rings. The fraction of sp³-hybridized carbons (Fsp3) is 0. The molecule has 0 aliphatic rings. The molecule has 61 valence electrons. The van der Waals surface area contributed by atoms with Gasteiger partial charge in [0.1, 0.15) is 0 Å². The maximum Gasteiger partial charge on any atom is 0.503 e. The second-order valence-corrected chi connectivity index (χ2v) is 1.82. The average Bonchev–Trinajstić information content (AvgIpc) is 1.19. The van der Waals surface area contributed by atoms with Crippen LogP contribution in [0, 0.1) is 0 Å². The summed E-state index contributed by atoms with van der Waals surface area (Å²) in [6.07, 6.45) is -1.83. The third-order valence-corrected chi connectivity index (χ3v) is 0. The van der Waals surface area contributed by atoms with E-state index in [2.05, 4.69) is 0 Å². The van der Waals surface area contributed by atoms with Crippen LogP contribution in [0.4, 0.5) is 4.79 Å². The summed E-state index contributed by atoms with van der Waals surface area (Å²) in [7, 11) is -4.64. The number of phosphoric acid groups is 1. The summed E-state index contributed by atoms with van der Waals surface area (Å²) in [4.78, 5) is 30.1. The van der Waals surface area contributed by atoms with Crippen molar-refractivity contribution in [2.24, 2.45) is 0 Å². The maximum atomic E-state index is 8.88. The second-order valence-electron chi connectivity index (χ2n) is 0.796. The molecule has 0 aliphatic heterocycles. The molecule has 0 aromatic heterocycles. The van der Waals surface area contributed by atoms with Crippen LogP contribution in [0.3, 0.4) is 0 Å². The third kappa shape index (κ3) is 305000. The van der Waals surface area contributed by atoms with Gasteiger partial charge < -0.3 is 24.9 Å². The van der Waals surface area contributed by atoms with Gasteiger partial charge in [0.15, 0.2) is 0 Å². The smallest absolute Gasteiger partial charge is 0.450 e. The number of carboxylic acid groups (broad SMARTS) is 2. The number of rotatable bonds is 0. The largest absolute Gasteiger partial charge is 0.503 e. The standard InChI is InChI=1S/CH2O3.H3O4P.V/c2-1(3)4;1-5(2,3)4;/h(H2,2,3,4);(H3,1,2,3,4);. The van der Waals surface area contributed by atoms with Crippen LogP contribution in [-0.2, 0) is 23.1 Å². The molecule has 0 bridgehead atoms. The van der Waals surface area contributed by atoms with Crippen molar-refractivity contribution in [1.82, 2.24) is 0 Å². The van der Waals surface area contributed by atoms with Gasteiger partial charge in [-0.1, -0.05) is 0 Å².